The zero-order valence-electron chi connectivity index (χ0n) is 18.7. The van der Waals surface area contributed by atoms with E-state index >= 15 is 0 Å². The van der Waals surface area contributed by atoms with Gasteiger partial charge >= 0.3 is 5.69 Å². The van der Waals surface area contributed by atoms with Crippen molar-refractivity contribution in [3.63, 3.8) is 0 Å². The molecule has 0 aliphatic rings. The second-order valence-corrected chi connectivity index (χ2v) is 8.49. The first kappa shape index (κ1) is 25.1. The summed E-state index contributed by atoms with van der Waals surface area (Å²) in [5.41, 5.74) is -0.559. The summed E-state index contributed by atoms with van der Waals surface area (Å²) in [5, 5.41) is 14.0. The lowest BCUT2D eigenvalue weighted by molar-refractivity contribution is -0.113. The lowest BCUT2D eigenvalue weighted by atomic mass is 10.3. The number of carbonyl (C=O) groups is 1. The molecule has 9 nitrogen and oxygen atoms in total. The van der Waals surface area contributed by atoms with Gasteiger partial charge < -0.3 is 15.2 Å². The molecule has 178 valence electrons. The van der Waals surface area contributed by atoms with E-state index in [1.165, 1.54) is 14.1 Å². The predicted molar refractivity (Wildman–Crippen MR) is 135 cm³/mol. The van der Waals surface area contributed by atoms with Gasteiger partial charge in [0.2, 0.25) is 11.8 Å². The van der Waals surface area contributed by atoms with Crippen LogP contribution in [0.25, 0.3) is 0 Å². The van der Waals surface area contributed by atoms with Crippen LogP contribution in [-0.2, 0) is 18.9 Å². The van der Waals surface area contributed by atoms with Crippen molar-refractivity contribution in [2.45, 2.75) is 6.92 Å². The topological polar surface area (TPSA) is 115 Å². The number of amides is 1. The van der Waals surface area contributed by atoms with Gasteiger partial charge in [0.15, 0.2) is 0 Å². The summed E-state index contributed by atoms with van der Waals surface area (Å²) in [6.45, 7) is 2.38. The molecule has 0 spiro atoms. The number of anilines is 1. The molecule has 0 radical (unpaired) electrons. The largest absolute Gasteiger partial charge is 0.494 e. The number of nitrogens with zero attached hydrogens (tertiary/aromatic N) is 3. The van der Waals surface area contributed by atoms with Gasteiger partial charge in [-0.15, -0.1) is 0 Å². The van der Waals surface area contributed by atoms with Crippen molar-refractivity contribution in [1.82, 2.24) is 9.13 Å². The molecular weight excluding hydrogens is 480 g/mol. The highest BCUT2D eigenvalue weighted by molar-refractivity contribution is 8.15. The molecule has 0 aliphatic heterocycles. The summed E-state index contributed by atoms with van der Waals surface area (Å²) in [7, 11) is 2.65. The molecule has 1 aromatic heterocycles. The van der Waals surface area contributed by atoms with Crippen molar-refractivity contribution in [2.75, 3.05) is 17.7 Å². The summed E-state index contributed by atoms with van der Waals surface area (Å²) in [6, 6.07) is 13.4. The number of aliphatic imine (C=N–C) groups is 1. The van der Waals surface area contributed by atoms with E-state index in [4.69, 9.17) is 16.3 Å². The Bertz CT molecular complexity index is 1330. The highest BCUT2D eigenvalue weighted by Crippen LogP contribution is 2.25. The van der Waals surface area contributed by atoms with Crippen LogP contribution >= 0.6 is 23.4 Å². The normalized spacial score (nSPS) is 11.4. The number of rotatable bonds is 7. The fourth-order valence-corrected chi connectivity index (χ4v) is 3.90. The average molecular weight is 503 g/mol. The molecule has 0 saturated heterocycles. The first-order valence-electron chi connectivity index (χ1n) is 10.2. The molecule has 0 unspecified atom stereocenters. The molecule has 0 aliphatic carbocycles. The Balaban J connectivity index is 1.96. The standard InChI is InChI=1S/C23H23ClN4O5S/c1-4-33-17-11-9-16(10-12-17)26-20(19-21(30)27(2)23(32)28(3)22(19)31)34-13-18(29)25-15-7-5-14(24)6-8-15/h5-12,30H,4,13H2,1-3H3,(H,25,29). The van der Waals surface area contributed by atoms with E-state index in [2.05, 4.69) is 10.3 Å². The van der Waals surface area contributed by atoms with Gasteiger partial charge in [-0.1, -0.05) is 23.4 Å². The Morgan fingerprint density at radius 3 is 2.35 bits per heavy atom. The fraction of sp³-hybridized carbons (Fsp3) is 0.217. The Kier molecular flexibility index (Phi) is 8.19. The van der Waals surface area contributed by atoms with Crippen LogP contribution in [0.15, 0.2) is 63.1 Å². The third kappa shape index (κ3) is 5.89. The quantitative estimate of drug-likeness (QED) is 0.378. The molecule has 0 bridgehead atoms. The zero-order chi connectivity index (χ0) is 24.8. The summed E-state index contributed by atoms with van der Waals surface area (Å²) in [5.74, 6) is -0.348. The Hall–Kier alpha value is -3.50. The number of aromatic nitrogens is 2. The lowest BCUT2D eigenvalue weighted by Gasteiger charge is -2.13. The Labute approximate surface area is 204 Å². The van der Waals surface area contributed by atoms with Gasteiger partial charge in [-0.25, -0.2) is 9.79 Å². The molecule has 1 heterocycles. The number of benzene rings is 2. The van der Waals surface area contributed by atoms with Gasteiger partial charge in [-0.2, -0.15) is 0 Å². The maximum atomic E-state index is 12.9. The van der Waals surface area contributed by atoms with E-state index in [-0.39, 0.29) is 22.3 Å². The molecule has 3 aromatic rings. The van der Waals surface area contributed by atoms with Crippen LogP contribution in [0.2, 0.25) is 5.02 Å². The number of halogens is 1. The van der Waals surface area contributed by atoms with Gasteiger partial charge in [0.1, 0.15) is 16.4 Å². The Morgan fingerprint density at radius 1 is 1.09 bits per heavy atom. The van der Waals surface area contributed by atoms with Gasteiger partial charge in [0.25, 0.3) is 5.56 Å². The average Bonchev–Trinajstić information content (AvgIpc) is 2.82. The number of nitrogens with one attached hydrogen (secondary N) is 1. The van der Waals surface area contributed by atoms with Crippen LogP contribution in [0.5, 0.6) is 11.6 Å². The highest BCUT2D eigenvalue weighted by Gasteiger charge is 2.22. The molecule has 0 atom stereocenters. The van der Waals surface area contributed by atoms with Gasteiger partial charge in [-0.05, 0) is 55.5 Å². The molecule has 0 fully saturated rings. The lowest BCUT2D eigenvalue weighted by Crippen LogP contribution is -2.39. The van der Waals surface area contributed by atoms with Gasteiger partial charge in [-0.3, -0.25) is 18.7 Å². The van der Waals surface area contributed by atoms with Crippen LogP contribution in [-0.4, -0.2) is 37.6 Å². The molecule has 1 amide bonds. The molecule has 0 saturated carbocycles. The van der Waals surface area contributed by atoms with Crippen molar-refractivity contribution in [3.05, 3.63) is 80.0 Å². The number of hydrogen-bond acceptors (Lipinski definition) is 7. The zero-order valence-corrected chi connectivity index (χ0v) is 20.3. The van der Waals surface area contributed by atoms with Crippen LogP contribution in [0.4, 0.5) is 11.4 Å². The maximum absolute atomic E-state index is 12.9. The van der Waals surface area contributed by atoms with E-state index in [0.717, 1.165) is 20.9 Å². The van der Waals surface area contributed by atoms with Crippen molar-refractivity contribution in [2.24, 2.45) is 19.1 Å². The molecular formula is C23H23ClN4O5S. The van der Waals surface area contributed by atoms with Gasteiger partial charge in [0, 0.05) is 24.8 Å². The molecule has 34 heavy (non-hydrogen) atoms. The summed E-state index contributed by atoms with van der Waals surface area (Å²) >= 11 is 6.83. The second-order valence-electron chi connectivity index (χ2n) is 7.09. The van der Waals surface area contributed by atoms with E-state index in [1.807, 2.05) is 6.92 Å². The smallest absolute Gasteiger partial charge is 0.333 e. The van der Waals surface area contributed by atoms with Crippen molar-refractivity contribution < 1.29 is 14.6 Å². The Morgan fingerprint density at radius 2 is 1.74 bits per heavy atom. The van der Waals surface area contributed by atoms with Gasteiger partial charge in [0.05, 0.1) is 18.0 Å². The van der Waals surface area contributed by atoms with E-state index in [1.54, 1.807) is 48.5 Å². The number of ether oxygens (including phenoxy) is 1. The first-order valence-corrected chi connectivity index (χ1v) is 11.6. The second kappa shape index (κ2) is 11.1. The minimum absolute atomic E-state index is 0.0871. The van der Waals surface area contributed by atoms with E-state index in [9.17, 15) is 19.5 Å². The predicted octanol–water partition coefficient (Wildman–Crippen LogP) is 3.29. The van der Waals surface area contributed by atoms with E-state index in [0.29, 0.717) is 28.8 Å². The van der Waals surface area contributed by atoms with Crippen LogP contribution in [0.3, 0.4) is 0 Å². The van der Waals surface area contributed by atoms with Crippen molar-refractivity contribution in [3.8, 4) is 11.6 Å². The third-order valence-electron chi connectivity index (χ3n) is 4.69. The minimum atomic E-state index is -0.726. The highest BCUT2D eigenvalue weighted by atomic mass is 35.5. The van der Waals surface area contributed by atoms with Crippen LogP contribution in [0, 0.1) is 0 Å². The van der Waals surface area contributed by atoms with Crippen LogP contribution < -0.4 is 21.3 Å². The molecule has 3 rings (SSSR count). The number of carbonyl (C=O) groups excluding carboxylic acids is 1. The molecule has 11 heteroatoms. The molecule has 2 aromatic carbocycles. The monoisotopic (exact) mass is 502 g/mol. The third-order valence-corrected chi connectivity index (χ3v) is 5.92. The fourth-order valence-electron chi connectivity index (χ4n) is 2.95. The maximum Gasteiger partial charge on any atom is 0.333 e. The SMILES string of the molecule is CCOc1ccc(N=C(SCC(=O)Nc2ccc(Cl)cc2)c2c(O)n(C)c(=O)n(C)c2=O)cc1. The molecule has 2 N–H and O–H groups in total. The van der Waals surface area contributed by atoms with Crippen molar-refractivity contribution in [1.29, 1.82) is 0 Å². The van der Waals surface area contributed by atoms with Crippen molar-refractivity contribution >= 4 is 45.7 Å². The number of thioether (sulfide) groups is 1. The number of aromatic hydroxyl groups is 1. The summed E-state index contributed by atoms with van der Waals surface area (Å²) < 4.78 is 7.25. The number of hydrogen-bond donors (Lipinski definition) is 2. The van der Waals surface area contributed by atoms with E-state index < -0.39 is 17.1 Å². The summed E-state index contributed by atoms with van der Waals surface area (Å²) in [4.78, 5) is 42.0. The van der Waals surface area contributed by atoms with Crippen LogP contribution in [0.1, 0.15) is 12.5 Å². The minimum Gasteiger partial charge on any atom is -0.494 e. The first-order chi connectivity index (χ1) is 16.2. The summed E-state index contributed by atoms with van der Waals surface area (Å²) in [6.07, 6.45) is 0.